The van der Waals surface area contributed by atoms with Gasteiger partial charge in [0.15, 0.2) is 0 Å². The van der Waals surface area contributed by atoms with Gasteiger partial charge in [0, 0.05) is 11.4 Å². The molecular formula is C9H9F4NS. The summed E-state index contributed by atoms with van der Waals surface area (Å²) in [6.07, 6.45) is -4.34. The fraction of sp³-hybridized carbons (Fsp3) is 0.333. The fourth-order valence-electron chi connectivity index (χ4n) is 0.926. The van der Waals surface area contributed by atoms with Crippen LogP contribution in [0.1, 0.15) is 0 Å². The highest BCUT2D eigenvalue weighted by molar-refractivity contribution is 8.00. The van der Waals surface area contributed by atoms with E-state index in [-0.39, 0.29) is 0 Å². The largest absolute Gasteiger partial charge is 0.402 e. The topological polar surface area (TPSA) is 26.0 Å². The van der Waals surface area contributed by atoms with E-state index in [9.17, 15) is 17.6 Å². The lowest BCUT2D eigenvalue weighted by Crippen LogP contribution is -2.32. The molecule has 1 aromatic rings. The highest BCUT2D eigenvalue weighted by Gasteiger charge is 2.39. The molecule has 0 fully saturated rings. The lowest BCUT2D eigenvalue weighted by atomic mass is 10.3. The van der Waals surface area contributed by atoms with Gasteiger partial charge in [-0.1, -0.05) is 0 Å². The Bertz CT molecular complexity index is 309. The van der Waals surface area contributed by atoms with Gasteiger partial charge in [-0.15, -0.1) is 11.8 Å². The standard InChI is InChI=1S/C9H9F4NS/c10-6-1-3-7(4-2-6)15-8(5-14)9(11,12)13/h1-4,8H,5,14H2. The highest BCUT2D eigenvalue weighted by atomic mass is 32.2. The molecule has 1 unspecified atom stereocenters. The molecule has 0 aromatic heterocycles. The zero-order valence-electron chi connectivity index (χ0n) is 7.59. The lowest BCUT2D eigenvalue weighted by Gasteiger charge is -2.17. The molecule has 2 N–H and O–H groups in total. The van der Waals surface area contributed by atoms with Crippen molar-refractivity contribution in [2.24, 2.45) is 5.73 Å². The minimum Gasteiger partial charge on any atom is -0.329 e. The third-order valence-electron chi connectivity index (χ3n) is 1.67. The molecule has 6 heteroatoms. The summed E-state index contributed by atoms with van der Waals surface area (Å²) in [5.41, 5.74) is 5.02. The van der Waals surface area contributed by atoms with Gasteiger partial charge in [-0.2, -0.15) is 13.2 Å². The summed E-state index contributed by atoms with van der Waals surface area (Å²) in [7, 11) is 0. The first-order valence-electron chi connectivity index (χ1n) is 4.12. The van der Waals surface area contributed by atoms with Crippen molar-refractivity contribution in [3.63, 3.8) is 0 Å². The Hall–Kier alpha value is -0.750. The van der Waals surface area contributed by atoms with E-state index in [1.54, 1.807) is 0 Å². The number of alkyl halides is 3. The molecule has 0 radical (unpaired) electrons. The summed E-state index contributed by atoms with van der Waals surface area (Å²) in [5, 5.41) is -1.65. The van der Waals surface area contributed by atoms with Gasteiger partial charge >= 0.3 is 6.18 Å². The van der Waals surface area contributed by atoms with Gasteiger partial charge in [-0.3, -0.25) is 0 Å². The SMILES string of the molecule is NCC(Sc1ccc(F)cc1)C(F)(F)F. The molecular weight excluding hydrogens is 230 g/mol. The molecule has 1 nitrogen and oxygen atoms in total. The Morgan fingerprint density at radius 2 is 1.73 bits per heavy atom. The van der Waals surface area contributed by atoms with Crippen molar-refractivity contribution >= 4 is 11.8 Å². The molecule has 1 atom stereocenters. The van der Waals surface area contributed by atoms with Crippen LogP contribution in [0, 0.1) is 5.82 Å². The third-order valence-corrected chi connectivity index (χ3v) is 2.96. The Kier molecular flexibility index (Phi) is 3.98. The molecule has 0 heterocycles. The molecule has 1 rings (SSSR count). The summed E-state index contributed by atoms with van der Waals surface area (Å²) in [4.78, 5) is 0.351. The van der Waals surface area contributed by atoms with Crippen LogP contribution in [0.3, 0.4) is 0 Å². The van der Waals surface area contributed by atoms with Gasteiger partial charge in [0.25, 0.3) is 0 Å². The second-order valence-electron chi connectivity index (χ2n) is 2.84. The first-order valence-corrected chi connectivity index (χ1v) is 5.00. The summed E-state index contributed by atoms with van der Waals surface area (Å²) in [6, 6.07) is 4.83. The second kappa shape index (κ2) is 4.85. The van der Waals surface area contributed by atoms with Crippen molar-refractivity contribution < 1.29 is 17.6 Å². The minimum atomic E-state index is -4.34. The molecule has 1 aromatic carbocycles. The second-order valence-corrected chi connectivity index (χ2v) is 4.11. The number of hydrogen-bond donors (Lipinski definition) is 1. The summed E-state index contributed by atoms with van der Waals surface area (Å²) in [6.45, 7) is -0.495. The van der Waals surface area contributed by atoms with Crippen LogP contribution >= 0.6 is 11.8 Å². The van der Waals surface area contributed by atoms with Crippen LogP contribution in [0.15, 0.2) is 29.2 Å². The van der Waals surface area contributed by atoms with Gasteiger partial charge < -0.3 is 5.73 Å². The predicted octanol–water partition coefficient (Wildman–Crippen LogP) is 2.81. The molecule has 0 aliphatic rings. The lowest BCUT2D eigenvalue weighted by molar-refractivity contribution is -0.126. The van der Waals surface area contributed by atoms with E-state index < -0.39 is 23.8 Å². The maximum Gasteiger partial charge on any atom is 0.402 e. The van der Waals surface area contributed by atoms with Crippen molar-refractivity contribution in [1.29, 1.82) is 0 Å². The van der Waals surface area contributed by atoms with Gasteiger partial charge in [-0.05, 0) is 24.3 Å². The molecule has 0 aliphatic carbocycles. The van der Waals surface area contributed by atoms with E-state index in [1.165, 1.54) is 12.1 Å². The maximum absolute atomic E-state index is 12.5. The quantitative estimate of drug-likeness (QED) is 0.648. The average molecular weight is 239 g/mol. The van der Waals surface area contributed by atoms with Gasteiger partial charge in [0.05, 0.1) is 0 Å². The molecule has 15 heavy (non-hydrogen) atoms. The minimum absolute atomic E-state index is 0.351. The Morgan fingerprint density at radius 3 is 2.13 bits per heavy atom. The number of thioether (sulfide) groups is 1. The van der Waals surface area contributed by atoms with Crippen LogP contribution in [0.2, 0.25) is 0 Å². The van der Waals surface area contributed by atoms with Crippen LogP contribution in [0.4, 0.5) is 17.6 Å². The van der Waals surface area contributed by atoms with Gasteiger partial charge in [-0.25, -0.2) is 4.39 Å². The molecule has 0 aliphatic heterocycles. The van der Waals surface area contributed by atoms with Crippen LogP contribution in [0.25, 0.3) is 0 Å². The smallest absolute Gasteiger partial charge is 0.329 e. The number of nitrogens with two attached hydrogens (primary N) is 1. The normalized spacial score (nSPS) is 13.9. The Balaban J connectivity index is 2.71. The predicted molar refractivity (Wildman–Crippen MR) is 51.2 cm³/mol. The number of halogens is 4. The van der Waals surface area contributed by atoms with Crippen LogP contribution in [0.5, 0.6) is 0 Å². The maximum atomic E-state index is 12.5. The summed E-state index contributed by atoms with van der Waals surface area (Å²) >= 11 is 0.588. The van der Waals surface area contributed by atoms with E-state index in [0.29, 0.717) is 16.7 Å². The first-order chi connectivity index (χ1) is 6.93. The van der Waals surface area contributed by atoms with Crippen LogP contribution in [-0.4, -0.2) is 18.0 Å². The van der Waals surface area contributed by atoms with Crippen LogP contribution < -0.4 is 5.73 Å². The average Bonchev–Trinajstić information content (AvgIpc) is 2.15. The molecule has 84 valence electrons. The third kappa shape index (κ3) is 3.71. The molecule has 0 bridgehead atoms. The van der Waals surface area contributed by atoms with E-state index in [2.05, 4.69) is 0 Å². The monoisotopic (exact) mass is 239 g/mol. The van der Waals surface area contributed by atoms with E-state index in [1.807, 2.05) is 0 Å². The van der Waals surface area contributed by atoms with Crippen molar-refractivity contribution in [1.82, 2.24) is 0 Å². The van der Waals surface area contributed by atoms with Crippen molar-refractivity contribution in [2.75, 3.05) is 6.54 Å². The van der Waals surface area contributed by atoms with E-state index in [0.717, 1.165) is 12.1 Å². The van der Waals surface area contributed by atoms with E-state index >= 15 is 0 Å². The fourth-order valence-corrected chi connectivity index (χ4v) is 1.78. The zero-order chi connectivity index (χ0) is 11.5. The molecule has 0 saturated carbocycles. The Morgan fingerprint density at radius 1 is 1.20 bits per heavy atom. The number of hydrogen-bond acceptors (Lipinski definition) is 2. The number of benzene rings is 1. The molecule has 0 spiro atoms. The Labute approximate surface area is 88.7 Å². The summed E-state index contributed by atoms with van der Waals surface area (Å²) < 4.78 is 49.4. The van der Waals surface area contributed by atoms with Gasteiger partial charge in [0.2, 0.25) is 0 Å². The molecule has 0 amide bonds. The van der Waals surface area contributed by atoms with Crippen LogP contribution in [-0.2, 0) is 0 Å². The summed E-state index contributed by atoms with van der Waals surface area (Å²) in [5.74, 6) is -0.476. The van der Waals surface area contributed by atoms with Gasteiger partial charge in [0.1, 0.15) is 11.1 Å². The van der Waals surface area contributed by atoms with Crippen molar-refractivity contribution in [3.8, 4) is 0 Å². The number of rotatable bonds is 3. The first kappa shape index (κ1) is 12.3. The molecule has 0 saturated heterocycles. The van der Waals surface area contributed by atoms with Crippen molar-refractivity contribution in [3.05, 3.63) is 30.1 Å². The van der Waals surface area contributed by atoms with Crippen molar-refractivity contribution in [2.45, 2.75) is 16.3 Å². The van der Waals surface area contributed by atoms with E-state index in [4.69, 9.17) is 5.73 Å². The zero-order valence-corrected chi connectivity index (χ0v) is 8.41. The highest BCUT2D eigenvalue weighted by Crippen LogP contribution is 2.34.